The van der Waals surface area contributed by atoms with Crippen molar-refractivity contribution < 1.29 is 9.59 Å². The SMILES string of the molecule is CCN(C)C(=O)C(C)NC(=O)C(C)(N)C1CC1. The Morgan fingerprint density at radius 2 is 2.06 bits per heavy atom. The first kappa shape index (κ1) is 14.0. The Balaban J connectivity index is 2.53. The predicted molar refractivity (Wildman–Crippen MR) is 66.2 cm³/mol. The van der Waals surface area contributed by atoms with Gasteiger partial charge in [0, 0.05) is 13.6 Å². The molecule has 2 unspecified atom stereocenters. The van der Waals surface area contributed by atoms with Crippen LogP contribution in [0.2, 0.25) is 0 Å². The summed E-state index contributed by atoms with van der Waals surface area (Å²) in [6.07, 6.45) is 2.00. The Hall–Kier alpha value is -1.10. The number of likely N-dealkylation sites (N-methyl/N-ethyl adjacent to an activating group) is 1. The van der Waals surface area contributed by atoms with Gasteiger partial charge in [0.2, 0.25) is 11.8 Å². The molecule has 5 nitrogen and oxygen atoms in total. The van der Waals surface area contributed by atoms with E-state index in [9.17, 15) is 9.59 Å². The summed E-state index contributed by atoms with van der Waals surface area (Å²) >= 11 is 0. The van der Waals surface area contributed by atoms with Gasteiger partial charge in [-0.05, 0) is 39.5 Å². The van der Waals surface area contributed by atoms with Crippen molar-refractivity contribution in [2.75, 3.05) is 13.6 Å². The fraction of sp³-hybridized carbons (Fsp3) is 0.833. The van der Waals surface area contributed by atoms with Crippen LogP contribution in [0.1, 0.15) is 33.6 Å². The van der Waals surface area contributed by atoms with E-state index in [1.54, 1.807) is 25.8 Å². The van der Waals surface area contributed by atoms with Crippen LogP contribution in [0.4, 0.5) is 0 Å². The maximum absolute atomic E-state index is 12.0. The van der Waals surface area contributed by atoms with E-state index in [2.05, 4.69) is 5.32 Å². The molecular weight excluding hydrogens is 218 g/mol. The average Bonchev–Trinajstić information content (AvgIpc) is 3.10. The largest absolute Gasteiger partial charge is 0.344 e. The second-order valence-electron chi connectivity index (χ2n) is 5.10. The fourth-order valence-corrected chi connectivity index (χ4v) is 1.77. The van der Waals surface area contributed by atoms with E-state index in [-0.39, 0.29) is 17.7 Å². The summed E-state index contributed by atoms with van der Waals surface area (Å²) in [5, 5.41) is 2.70. The van der Waals surface area contributed by atoms with Gasteiger partial charge in [0.15, 0.2) is 0 Å². The Morgan fingerprint density at radius 3 is 2.47 bits per heavy atom. The lowest BCUT2D eigenvalue weighted by Crippen LogP contribution is -2.57. The van der Waals surface area contributed by atoms with Crippen LogP contribution in [0.15, 0.2) is 0 Å². The summed E-state index contributed by atoms with van der Waals surface area (Å²) in [7, 11) is 1.72. The van der Waals surface area contributed by atoms with Gasteiger partial charge in [0.25, 0.3) is 0 Å². The molecule has 0 aliphatic heterocycles. The van der Waals surface area contributed by atoms with E-state index in [0.717, 1.165) is 12.8 Å². The average molecular weight is 241 g/mol. The van der Waals surface area contributed by atoms with Crippen molar-refractivity contribution in [3.63, 3.8) is 0 Å². The van der Waals surface area contributed by atoms with Crippen molar-refractivity contribution in [1.82, 2.24) is 10.2 Å². The highest BCUT2D eigenvalue weighted by Crippen LogP contribution is 2.38. The van der Waals surface area contributed by atoms with Crippen LogP contribution in [0.3, 0.4) is 0 Å². The lowest BCUT2D eigenvalue weighted by molar-refractivity contribution is -0.136. The molecule has 3 N–H and O–H groups in total. The number of nitrogens with zero attached hydrogens (tertiary/aromatic N) is 1. The van der Waals surface area contributed by atoms with Crippen LogP contribution in [-0.2, 0) is 9.59 Å². The monoisotopic (exact) mass is 241 g/mol. The zero-order chi connectivity index (χ0) is 13.2. The van der Waals surface area contributed by atoms with E-state index in [1.807, 2.05) is 6.92 Å². The third-order valence-corrected chi connectivity index (χ3v) is 3.48. The molecule has 0 saturated heterocycles. The van der Waals surface area contributed by atoms with Gasteiger partial charge in [-0.25, -0.2) is 0 Å². The Kier molecular flexibility index (Phi) is 4.14. The zero-order valence-corrected chi connectivity index (χ0v) is 11.1. The normalized spacial score (nSPS) is 20.3. The molecule has 1 rings (SSSR count). The van der Waals surface area contributed by atoms with Gasteiger partial charge < -0.3 is 16.0 Å². The molecule has 17 heavy (non-hydrogen) atoms. The maximum Gasteiger partial charge on any atom is 0.244 e. The first-order valence-corrected chi connectivity index (χ1v) is 6.15. The highest BCUT2D eigenvalue weighted by Gasteiger charge is 2.44. The van der Waals surface area contributed by atoms with Gasteiger partial charge in [0.1, 0.15) is 6.04 Å². The predicted octanol–water partition coefficient (Wildman–Crippen LogP) is 0.0968. The minimum atomic E-state index is -0.848. The highest BCUT2D eigenvalue weighted by molar-refractivity contribution is 5.91. The Labute approximate surface area is 103 Å². The molecule has 0 aromatic rings. The minimum Gasteiger partial charge on any atom is -0.344 e. The number of hydrogen-bond donors (Lipinski definition) is 2. The van der Waals surface area contributed by atoms with E-state index in [0.29, 0.717) is 6.54 Å². The number of carbonyl (C=O) groups is 2. The van der Waals surface area contributed by atoms with Crippen LogP contribution >= 0.6 is 0 Å². The first-order valence-electron chi connectivity index (χ1n) is 6.15. The molecule has 0 radical (unpaired) electrons. The first-order chi connectivity index (χ1) is 7.80. The smallest absolute Gasteiger partial charge is 0.244 e. The van der Waals surface area contributed by atoms with Crippen molar-refractivity contribution in [1.29, 1.82) is 0 Å². The van der Waals surface area contributed by atoms with Crippen molar-refractivity contribution in [3.8, 4) is 0 Å². The number of hydrogen-bond acceptors (Lipinski definition) is 3. The van der Waals surface area contributed by atoms with Crippen molar-refractivity contribution in [2.24, 2.45) is 11.7 Å². The van der Waals surface area contributed by atoms with Gasteiger partial charge >= 0.3 is 0 Å². The summed E-state index contributed by atoms with van der Waals surface area (Å²) in [6, 6.07) is -0.519. The molecule has 1 fully saturated rings. The lowest BCUT2D eigenvalue weighted by Gasteiger charge is -2.27. The molecule has 1 aliphatic carbocycles. The van der Waals surface area contributed by atoms with E-state index in [1.165, 1.54) is 0 Å². The molecular formula is C12H23N3O2. The summed E-state index contributed by atoms with van der Waals surface area (Å²) in [5.41, 5.74) is 5.14. The third-order valence-electron chi connectivity index (χ3n) is 3.48. The summed E-state index contributed by atoms with van der Waals surface area (Å²) in [6.45, 7) is 5.95. The summed E-state index contributed by atoms with van der Waals surface area (Å²) in [5.74, 6) is -0.0634. The van der Waals surface area contributed by atoms with Gasteiger partial charge in [-0.15, -0.1) is 0 Å². The molecule has 0 aromatic heterocycles. The molecule has 2 amide bonds. The van der Waals surface area contributed by atoms with Crippen LogP contribution in [-0.4, -0.2) is 41.9 Å². The standard InChI is InChI=1S/C12H23N3O2/c1-5-15(4)10(16)8(2)14-11(17)12(3,13)9-6-7-9/h8-9H,5-7,13H2,1-4H3,(H,14,17). The topological polar surface area (TPSA) is 75.4 Å². The number of carbonyl (C=O) groups excluding carboxylic acids is 2. The Bertz CT molecular complexity index is 311. The quantitative estimate of drug-likeness (QED) is 0.716. The van der Waals surface area contributed by atoms with Crippen LogP contribution < -0.4 is 11.1 Å². The van der Waals surface area contributed by atoms with Gasteiger partial charge in [-0.3, -0.25) is 9.59 Å². The lowest BCUT2D eigenvalue weighted by atomic mass is 9.96. The Morgan fingerprint density at radius 1 is 1.53 bits per heavy atom. The maximum atomic E-state index is 12.0. The van der Waals surface area contributed by atoms with E-state index >= 15 is 0 Å². The van der Waals surface area contributed by atoms with Crippen LogP contribution in [0.5, 0.6) is 0 Å². The fourth-order valence-electron chi connectivity index (χ4n) is 1.77. The molecule has 0 heterocycles. The second-order valence-corrected chi connectivity index (χ2v) is 5.10. The zero-order valence-electron chi connectivity index (χ0n) is 11.1. The van der Waals surface area contributed by atoms with E-state index < -0.39 is 11.6 Å². The van der Waals surface area contributed by atoms with Crippen LogP contribution in [0, 0.1) is 5.92 Å². The minimum absolute atomic E-state index is 0.0903. The number of nitrogens with one attached hydrogen (secondary N) is 1. The van der Waals surface area contributed by atoms with Crippen molar-refractivity contribution in [3.05, 3.63) is 0 Å². The molecule has 1 aliphatic rings. The second kappa shape index (κ2) is 5.04. The third kappa shape index (κ3) is 3.19. The molecule has 98 valence electrons. The van der Waals surface area contributed by atoms with Gasteiger partial charge in [-0.2, -0.15) is 0 Å². The van der Waals surface area contributed by atoms with Crippen LogP contribution in [0.25, 0.3) is 0 Å². The van der Waals surface area contributed by atoms with Crippen molar-refractivity contribution in [2.45, 2.75) is 45.2 Å². The highest BCUT2D eigenvalue weighted by atomic mass is 16.2. The molecule has 0 spiro atoms. The number of amides is 2. The number of rotatable bonds is 5. The molecule has 0 bridgehead atoms. The molecule has 2 atom stereocenters. The summed E-state index contributed by atoms with van der Waals surface area (Å²) < 4.78 is 0. The molecule has 5 heteroatoms. The van der Waals surface area contributed by atoms with Crippen molar-refractivity contribution >= 4 is 11.8 Å². The summed E-state index contributed by atoms with van der Waals surface area (Å²) in [4.78, 5) is 25.3. The molecule has 1 saturated carbocycles. The van der Waals surface area contributed by atoms with Gasteiger partial charge in [0.05, 0.1) is 5.54 Å². The number of nitrogens with two attached hydrogens (primary N) is 1. The van der Waals surface area contributed by atoms with E-state index in [4.69, 9.17) is 5.73 Å². The van der Waals surface area contributed by atoms with Gasteiger partial charge in [-0.1, -0.05) is 0 Å². The molecule has 0 aromatic carbocycles.